The molecule has 3 aromatic rings. The van der Waals surface area contributed by atoms with Crippen LogP contribution in [0.25, 0.3) is 22.3 Å². The van der Waals surface area contributed by atoms with E-state index in [1.807, 2.05) is 17.5 Å². The Hall–Kier alpha value is -1.99. The quantitative estimate of drug-likeness (QED) is 0.736. The minimum absolute atomic E-state index is 0.0652. The highest BCUT2D eigenvalue weighted by Crippen LogP contribution is 2.35. The normalized spacial score (nSPS) is 18.7. The molecular weight excluding hydrogens is 278 g/mol. The predicted molar refractivity (Wildman–Crippen MR) is 71.0 cm³/mol. The van der Waals surface area contributed by atoms with Crippen molar-refractivity contribution in [2.45, 2.75) is 18.9 Å². The fourth-order valence-corrected chi connectivity index (χ4v) is 2.90. The molecule has 0 bridgehead atoms. The SMILES string of the molecule is c1csc(-c2noc(-c3ncoc3C3CCCO3)n2)c1. The van der Waals surface area contributed by atoms with E-state index in [4.69, 9.17) is 13.7 Å². The Bertz CT molecular complexity index is 698. The molecule has 0 spiro atoms. The maximum atomic E-state index is 5.62. The second kappa shape index (κ2) is 4.84. The zero-order valence-electron chi connectivity index (χ0n) is 10.5. The third-order valence-corrected chi connectivity index (χ3v) is 4.05. The number of rotatable bonds is 3. The van der Waals surface area contributed by atoms with Gasteiger partial charge in [-0.1, -0.05) is 11.2 Å². The van der Waals surface area contributed by atoms with Gasteiger partial charge < -0.3 is 13.7 Å². The van der Waals surface area contributed by atoms with Crippen molar-refractivity contribution in [1.29, 1.82) is 0 Å². The van der Waals surface area contributed by atoms with Gasteiger partial charge in [-0.25, -0.2) is 4.98 Å². The van der Waals surface area contributed by atoms with Crippen molar-refractivity contribution in [3.63, 3.8) is 0 Å². The Balaban J connectivity index is 1.70. The lowest BCUT2D eigenvalue weighted by Crippen LogP contribution is -1.96. The molecule has 4 heterocycles. The highest BCUT2D eigenvalue weighted by molar-refractivity contribution is 7.13. The van der Waals surface area contributed by atoms with Crippen molar-refractivity contribution < 1.29 is 13.7 Å². The third kappa shape index (κ3) is 1.95. The maximum Gasteiger partial charge on any atom is 0.280 e. The van der Waals surface area contributed by atoms with Gasteiger partial charge in [0.25, 0.3) is 5.89 Å². The van der Waals surface area contributed by atoms with Crippen LogP contribution in [0.1, 0.15) is 24.7 Å². The molecule has 0 amide bonds. The van der Waals surface area contributed by atoms with Crippen molar-refractivity contribution in [1.82, 2.24) is 15.1 Å². The first kappa shape index (κ1) is 11.8. The van der Waals surface area contributed by atoms with Crippen LogP contribution < -0.4 is 0 Å². The lowest BCUT2D eigenvalue weighted by atomic mass is 10.1. The summed E-state index contributed by atoms with van der Waals surface area (Å²) in [6.45, 7) is 0.745. The summed E-state index contributed by atoms with van der Waals surface area (Å²) in [5, 5.41) is 5.96. The van der Waals surface area contributed by atoms with E-state index in [1.54, 1.807) is 11.3 Å². The number of hydrogen-bond acceptors (Lipinski definition) is 7. The van der Waals surface area contributed by atoms with Crippen LogP contribution in [0.3, 0.4) is 0 Å². The maximum absolute atomic E-state index is 5.62. The van der Waals surface area contributed by atoms with Crippen LogP contribution in [0.5, 0.6) is 0 Å². The minimum Gasteiger partial charge on any atom is -0.445 e. The number of aromatic nitrogens is 3. The molecule has 1 fully saturated rings. The molecule has 1 saturated heterocycles. The van der Waals surface area contributed by atoms with Gasteiger partial charge in [-0.3, -0.25) is 0 Å². The monoisotopic (exact) mass is 289 g/mol. The van der Waals surface area contributed by atoms with Gasteiger partial charge >= 0.3 is 0 Å². The highest BCUT2D eigenvalue weighted by atomic mass is 32.1. The van der Waals surface area contributed by atoms with Crippen LogP contribution in [0.2, 0.25) is 0 Å². The van der Waals surface area contributed by atoms with Gasteiger partial charge in [-0.2, -0.15) is 4.98 Å². The minimum atomic E-state index is -0.0652. The molecule has 1 unspecified atom stereocenters. The van der Waals surface area contributed by atoms with Gasteiger partial charge in [0.15, 0.2) is 17.8 Å². The largest absolute Gasteiger partial charge is 0.445 e. The van der Waals surface area contributed by atoms with Gasteiger partial charge in [0.1, 0.15) is 6.10 Å². The van der Waals surface area contributed by atoms with Gasteiger partial charge in [0.2, 0.25) is 5.82 Å². The lowest BCUT2D eigenvalue weighted by Gasteiger charge is -2.05. The molecule has 4 rings (SSSR count). The van der Waals surface area contributed by atoms with Gasteiger partial charge in [-0.15, -0.1) is 11.3 Å². The van der Waals surface area contributed by atoms with Crippen molar-refractivity contribution in [2.24, 2.45) is 0 Å². The molecule has 0 N–H and O–H groups in total. The second-order valence-corrected chi connectivity index (χ2v) is 5.42. The molecule has 20 heavy (non-hydrogen) atoms. The summed E-state index contributed by atoms with van der Waals surface area (Å²) in [5.41, 5.74) is 0.576. The van der Waals surface area contributed by atoms with E-state index >= 15 is 0 Å². The van der Waals surface area contributed by atoms with Gasteiger partial charge in [0, 0.05) is 6.61 Å². The molecule has 0 aromatic carbocycles. The first-order chi connectivity index (χ1) is 9.92. The second-order valence-electron chi connectivity index (χ2n) is 4.47. The zero-order chi connectivity index (χ0) is 13.4. The first-order valence-electron chi connectivity index (χ1n) is 6.35. The number of thiophene rings is 1. The fraction of sp³-hybridized carbons (Fsp3) is 0.308. The Labute approximate surface area is 118 Å². The van der Waals surface area contributed by atoms with Crippen molar-refractivity contribution in [2.75, 3.05) is 6.61 Å². The van der Waals surface area contributed by atoms with Crippen molar-refractivity contribution >= 4 is 11.3 Å². The third-order valence-electron chi connectivity index (χ3n) is 3.19. The summed E-state index contributed by atoms with van der Waals surface area (Å²) in [7, 11) is 0. The summed E-state index contributed by atoms with van der Waals surface area (Å²) < 4.78 is 16.4. The molecule has 7 heteroatoms. The van der Waals surface area contributed by atoms with Crippen LogP contribution in [-0.2, 0) is 4.74 Å². The molecule has 1 atom stereocenters. The summed E-state index contributed by atoms with van der Waals surface area (Å²) in [6, 6.07) is 3.90. The van der Waals surface area contributed by atoms with E-state index in [0.717, 1.165) is 24.3 Å². The van der Waals surface area contributed by atoms with Crippen molar-refractivity contribution in [3.05, 3.63) is 29.7 Å². The predicted octanol–water partition coefficient (Wildman–Crippen LogP) is 3.30. The number of ether oxygens (including phenoxy) is 1. The Morgan fingerprint density at radius 1 is 1.35 bits per heavy atom. The van der Waals surface area contributed by atoms with Crippen LogP contribution >= 0.6 is 11.3 Å². The number of hydrogen-bond donors (Lipinski definition) is 0. The van der Waals surface area contributed by atoms with Crippen LogP contribution in [0.4, 0.5) is 0 Å². The van der Waals surface area contributed by atoms with E-state index in [9.17, 15) is 0 Å². The van der Waals surface area contributed by atoms with E-state index < -0.39 is 0 Å². The average Bonchev–Trinajstić information content (AvgIpc) is 3.23. The Kier molecular flexibility index (Phi) is 2.86. The highest BCUT2D eigenvalue weighted by Gasteiger charge is 2.28. The molecule has 102 valence electrons. The van der Waals surface area contributed by atoms with E-state index in [2.05, 4.69) is 15.1 Å². The molecule has 1 aliphatic heterocycles. The molecule has 1 aliphatic rings. The molecule has 0 radical (unpaired) electrons. The zero-order valence-corrected chi connectivity index (χ0v) is 11.3. The summed E-state index contributed by atoms with van der Waals surface area (Å²) in [5.74, 6) is 1.60. The van der Waals surface area contributed by atoms with Gasteiger partial charge in [0.05, 0.1) is 4.88 Å². The Morgan fingerprint density at radius 3 is 3.15 bits per heavy atom. The topological polar surface area (TPSA) is 74.2 Å². The van der Waals surface area contributed by atoms with Crippen LogP contribution in [0, 0.1) is 0 Å². The average molecular weight is 289 g/mol. The molecule has 3 aromatic heterocycles. The molecular formula is C13H11N3O3S. The van der Waals surface area contributed by atoms with Gasteiger partial charge in [-0.05, 0) is 24.3 Å². The lowest BCUT2D eigenvalue weighted by molar-refractivity contribution is 0.0939. The van der Waals surface area contributed by atoms with E-state index in [0.29, 0.717) is 23.2 Å². The van der Waals surface area contributed by atoms with Crippen molar-refractivity contribution in [3.8, 4) is 22.3 Å². The molecule has 0 saturated carbocycles. The first-order valence-corrected chi connectivity index (χ1v) is 7.23. The standard InChI is InChI=1S/C13H11N3O3S/c1-3-8(17-5-1)11-10(14-7-18-11)13-15-12(16-19-13)9-4-2-6-20-9/h2,4,6-8H,1,3,5H2. The number of oxazole rings is 1. The molecule has 6 nitrogen and oxygen atoms in total. The summed E-state index contributed by atoms with van der Waals surface area (Å²) in [6.07, 6.45) is 3.27. The summed E-state index contributed by atoms with van der Waals surface area (Å²) >= 11 is 1.56. The smallest absolute Gasteiger partial charge is 0.280 e. The fourth-order valence-electron chi connectivity index (χ4n) is 2.25. The van der Waals surface area contributed by atoms with Crippen LogP contribution in [-0.4, -0.2) is 21.7 Å². The van der Waals surface area contributed by atoms with Crippen LogP contribution in [0.15, 0.2) is 32.8 Å². The number of nitrogens with zero attached hydrogens (tertiary/aromatic N) is 3. The molecule has 0 aliphatic carbocycles. The summed E-state index contributed by atoms with van der Waals surface area (Å²) in [4.78, 5) is 9.53. The van der Waals surface area contributed by atoms with E-state index in [1.165, 1.54) is 6.39 Å². The van der Waals surface area contributed by atoms with E-state index in [-0.39, 0.29) is 6.10 Å². The Morgan fingerprint density at radius 2 is 2.35 bits per heavy atom.